The van der Waals surface area contributed by atoms with Gasteiger partial charge in [-0.05, 0) is 24.6 Å². The van der Waals surface area contributed by atoms with Crippen LogP contribution in [0.15, 0.2) is 18.2 Å². The van der Waals surface area contributed by atoms with Crippen LogP contribution in [0.25, 0.3) is 0 Å². The molecule has 0 fully saturated rings. The second-order valence-corrected chi connectivity index (χ2v) is 3.53. The van der Waals surface area contributed by atoms with Gasteiger partial charge in [0.15, 0.2) is 6.04 Å². The molecule has 3 N–H and O–H groups in total. The number of aliphatic hydroxyl groups is 1. The van der Waals surface area contributed by atoms with Gasteiger partial charge in [-0.2, -0.15) is 0 Å². The van der Waals surface area contributed by atoms with Crippen molar-refractivity contribution in [1.29, 1.82) is 0 Å². The zero-order valence-corrected chi connectivity index (χ0v) is 9.11. The summed E-state index contributed by atoms with van der Waals surface area (Å²) >= 11 is 0. The smallest absolute Gasteiger partial charge is 0.328 e. The summed E-state index contributed by atoms with van der Waals surface area (Å²) in [6, 6.07) is 2.52. The van der Waals surface area contributed by atoms with Gasteiger partial charge >= 0.3 is 5.97 Å². The van der Waals surface area contributed by atoms with Crippen LogP contribution in [-0.2, 0) is 4.79 Å². The summed E-state index contributed by atoms with van der Waals surface area (Å²) in [5.41, 5.74) is 0.395. The number of halogens is 1. The topological polar surface area (TPSA) is 86.6 Å². The maximum atomic E-state index is 13.4. The first-order valence-electron chi connectivity index (χ1n) is 4.86. The molecule has 0 aliphatic carbocycles. The minimum absolute atomic E-state index is 0.254. The Morgan fingerprint density at radius 2 is 2.12 bits per heavy atom. The lowest BCUT2D eigenvalue weighted by atomic mass is 10.1. The van der Waals surface area contributed by atoms with E-state index < -0.39 is 30.3 Å². The Kier molecular flexibility index (Phi) is 4.17. The normalized spacial score (nSPS) is 11.9. The largest absolute Gasteiger partial charge is 0.480 e. The minimum Gasteiger partial charge on any atom is -0.480 e. The third kappa shape index (κ3) is 3.25. The highest BCUT2D eigenvalue weighted by Gasteiger charge is 2.21. The van der Waals surface area contributed by atoms with E-state index in [0.29, 0.717) is 5.56 Å². The van der Waals surface area contributed by atoms with E-state index in [4.69, 9.17) is 10.2 Å². The Bertz CT molecular complexity index is 447. The quantitative estimate of drug-likeness (QED) is 0.708. The second kappa shape index (κ2) is 5.40. The number of benzene rings is 1. The summed E-state index contributed by atoms with van der Waals surface area (Å²) in [5.74, 6) is -2.98. The molecule has 0 saturated carbocycles. The van der Waals surface area contributed by atoms with Gasteiger partial charge in [0.1, 0.15) is 5.82 Å². The summed E-state index contributed by atoms with van der Waals surface area (Å²) in [7, 11) is 0. The van der Waals surface area contributed by atoms with Crippen molar-refractivity contribution in [3.05, 3.63) is 35.1 Å². The number of hydrogen-bond acceptors (Lipinski definition) is 3. The molecule has 6 heteroatoms. The van der Waals surface area contributed by atoms with Crippen LogP contribution >= 0.6 is 0 Å². The number of carboxylic acid groups (broad SMARTS) is 1. The van der Waals surface area contributed by atoms with Crippen molar-refractivity contribution in [3.63, 3.8) is 0 Å². The van der Waals surface area contributed by atoms with Gasteiger partial charge in [0.25, 0.3) is 5.91 Å². The summed E-state index contributed by atoms with van der Waals surface area (Å²) in [4.78, 5) is 22.1. The van der Waals surface area contributed by atoms with E-state index in [1.54, 1.807) is 6.92 Å². The number of carbonyl (C=O) groups is 2. The molecular formula is C11H12FNO4. The van der Waals surface area contributed by atoms with E-state index in [0.717, 1.165) is 0 Å². The van der Waals surface area contributed by atoms with Crippen molar-refractivity contribution in [1.82, 2.24) is 5.32 Å². The van der Waals surface area contributed by atoms with Crippen molar-refractivity contribution >= 4 is 11.9 Å². The first kappa shape index (κ1) is 13.1. The Labute approximate surface area is 96.9 Å². The third-order valence-corrected chi connectivity index (χ3v) is 2.16. The molecule has 1 rings (SSSR count). The van der Waals surface area contributed by atoms with Crippen molar-refractivity contribution in [2.45, 2.75) is 13.0 Å². The molecule has 17 heavy (non-hydrogen) atoms. The maximum Gasteiger partial charge on any atom is 0.328 e. The molecule has 0 bridgehead atoms. The number of amides is 1. The molecular weight excluding hydrogens is 229 g/mol. The predicted octanol–water partition coefficient (Wildman–Crippen LogP) is 0.309. The van der Waals surface area contributed by atoms with Gasteiger partial charge in [0, 0.05) is 0 Å². The number of carbonyl (C=O) groups excluding carboxylic acids is 1. The van der Waals surface area contributed by atoms with Gasteiger partial charge in [-0.3, -0.25) is 4.79 Å². The fourth-order valence-electron chi connectivity index (χ4n) is 1.23. The van der Waals surface area contributed by atoms with Crippen LogP contribution in [0.1, 0.15) is 15.9 Å². The van der Waals surface area contributed by atoms with E-state index in [2.05, 4.69) is 0 Å². The average Bonchev–Trinajstić information content (AvgIpc) is 2.24. The summed E-state index contributed by atoms with van der Waals surface area (Å²) in [6.45, 7) is 0.910. The molecule has 0 aliphatic rings. The molecule has 1 aromatic rings. The maximum absolute atomic E-state index is 13.4. The molecule has 0 aromatic heterocycles. The fourth-order valence-corrected chi connectivity index (χ4v) is 1.23. The number of hydrogen-bond donors (Lipinski definition) is 3. The monoisotopic (exact) mass is 241 g/mol. The molecule has 0 unspecified atom stereocenters. The molecule has 0 heterocycles. The van der Waals surface area contributed by atoms with E-state index >= 15 is 0 Å². The minimum atomic E-state index is -1.44. The van der Waals surface area contributed by atoms with Gasteiger partial charge in [-0.1, -0.05) is 6.07 Å². The number of aryl methyl sites for hydroxylation is 1. The lowest BCUT2D eigenvalue weighted by Gasteiger charge is -2.12. The molecule has 0 saturated heterocycles. The molecule has 0 spiro atoms. The van der Waals surface area contributed by atoms with E-state index in [-0.39, 0.29) is 5.56 Å². The number of nitrogens with one attached hydrogen (secondary N) is 1. The van der Waals surface area contributed by atoms with Crippen LogP contribution in [-0.4, -0.2) is 34.7 Å². The van der Waals surface area contributed by atoms with Gasteiger partial charge in [0.05, 0.1) is 12.2 Å². The summed E-state index contributed by atoms with van der Waals surface area (Å²) in [6.07, 6.45) is 0. The third-order valence-electron chi connectivity index (χ3n) is 2.16. The van der Waals surface area contributed by atoms with Crippen LogP contribution in [0, 0.1) is 12.7 Å². The molecule has 1 amide bonds. The standard InChI is InChI=1S/C11H12FNO4/c1-6-2-3-7(8(12)4-6)10(15)13-9(5-14)11(16)17/h2-4,9,14H,5H2,1H3,(H,13,15)(H,16,17)/t9-/m0/s1. The highest BCUT2D eigenvalue weighted by Crippen LogP contribution is 2.09. The first-order valence-corrected chi connectivity index (χ1v) is 4.86. The molecule has 92 valence electrons. The lowest BCUT2D eigenvalue weighted by molar-refractivity contribution is -0.140. The first-order chi connectivity index (χ1) is 7.95. The highest BCUT2D eigenvalue weighted by molar-refractivity contribution is 5.96. The van der Waals surface area contributed by atoms with Crippen LogP contribution in [0.2, 0.25) is 0 Å². The van der Waals surface area contributed by atoms with E-state index in [1.807, 2.05) is 5.32 Å². The summed E-state index contributed by atoms with van der Waals surface area (Å²) in [5, 5.41) is 19.3. The van der Waals surface area contributed by atoms with Gasteiger partial charge in [0.2, 0.25) is 0 Å². The molecule has 5 nitrogen and oxygen atoms in total. The zero-order valence-electron chi connectivity index (χ0n) is 9.11. The highest BCUT2D eigenvalue weighted by atomic mass is 19.1. The Balaban J connectivity index is 2.86. The molecule has 1 atom stereocenters. The number of carboxylic acids is 1. The number of aliphatic hydroxyl groups excluding tert-OH is 1. The van der Waals surface area contributed by atoms with Gasteiger partial charge in [-0.15, -0.1) is 0 Å². The van der Waals surface area contributed by atoms with E-state index in [1.165, 1.54) is 18.2 Å². The van der Waals surface area contributed by atoms with Gasteiger partial charge < -0.3 is 15.5 Å². The van der Waals surface area contributed by atoms with Crippen molar-refractivity contribution in [2.75, 3.05) is 6.61 Å². The lowest BCUT2D eigenvalue weighted by Crippen LogP contribution is -2.43. The van der Waals surface area contributed by atoms with Crippen molar-refractivity contribution in [2.24, 2.45) is 0 Å². The fraction of sp³-hybridized carbons (Fsp3) is 0.273. The van der Waals surface area contributed by atoms with E-state index in [9.17, 15) is 14.0 Å². The van der Waals surface area contributed by atoms with Crippen molar-refractivity contribution in [3.8, 4) is 0 Å². The Morgan fingerprint density at radius 1 is 1.47 bits per heavy atom. The molecule has 0 aliphatic heterocycles. The Hall–Kier alpha value is -1.95. The predicted molar refractivity (Wildman–Crippen MR) is 57.1 cm³/mol. The van der Waals surface area contributed by atoms with Crippen molar-refractivity contribution < 1.29 is 24.2 Å². The van der Waals surface area contributed by atoms with Gasteiger partial charge in [-0.25, -0.2) is 9.18 Å². The number of rotatable bonds is 4. The SMILES string of the molecule is Cc1ccc(C(=O)N[C@@H](CO)C(=O)O)c(F)c1. The Morgan fingerprint density at radius 3 is 2.59 bits per heavy atom. The van der Waals surface area contributed by atoms with Crippen LogP contribution in [0.3, 0.4) is 0 Å². The van der Waals surface area contributed by atoms with Crippen LogP contribution in [0.5, 0.6) is 0 Å². The second-order valence-electron chi connectivity index (χ2n) is 3.53. The summed E-state index contributed by atoms with van der Waals surface area (Å²) < 4.78 is 13.4. The molecule has 0 radical (unpaired) electrons. The number of aliphatic carboxylic acids is 1. The molecule has 1 aromatic carbocycles. The zero-order chi connectivity index (χ0) is 13.0. The van der Waals surface area contributed by atoms with Crippen LogP contribution in [0.4, 0.5) is 4.39 Å². The average molecular weight is 241 g/mol. The van der Waals surface area contributed by atoms with Crippen LogP contribution < -0.4 is 5.32 Å².